The van der Waals surface area contributed by atoms with Gasteiger partial charge in [-0.15, -0.1) is 13.2 Å². The summed E-state index contributed by atoms with van der Waals surface area (Å²) in [5.41, 5.74) is 0.877. The Balaban J connectivity index is 2.01. The van der Waals surface area contributed by atoms with Gasteiger partial charge in [0.05, 0.1) is 12.1 Å². The van der Waals surface area contributed by atoms with Crippen LogP contribution in [-0.4, -0.2) is 28.2 Å². The number of hydrogen-bond donors (Lipinski definition) is 2. The highest BCUT2D eigenvalue weighted by Crippen LogP contribution is 2.28. The molecule has 0 amide bonds. The number of ether oxygens (including phenoxy) is 1. The Kier molecular flexibility index (Phi) is 4.84. The van der Waals surface area contributed by atoms with Gasteiger partial charge in [0.2, 0.25) is 5.78 Å². The molecule has 1 aromatic heterocycles. The zero-order valence-corrected chi connectivity index (χ0v) is 14.2. The summed E-state index contributed by atoms with van der Waals surface area (Å²) in [6.07, 6.45) is -5.24. The van der Waals surface area contributed by atoms with Crippen molar-refractivity contribution in [3.05, 3.63) is 64.3 Å². The fourth-order valence-electron chi connectivity index (χ4n) is 2.71. The molecule has 140 valence electrons. The van der Waals surface area contributed by atoms with Gasteiger partial charge in [-0.2, -0.15) is 0 Å². The van der Waals surface area contributed by atoms with Crippen LogP contribution < -0.4 is 4.74 Å². The van der Waals surface area contributed by atoms with Crippen LogP contribution in [0.2, 0.25) is 5.02 Å². The second-order valence-corrected chi connectivity index (χ2v) is 6.08. The SMILES string of the molecule is O=C(O)Cc1c(C(=O)c2ccc(OC(F)(F)F)cc2)[nH]c2cc(Cl)ccc12. The monoisotopic (exact) mass is 397 g/mol. The van der Waals surface area contributed by atoms with Crippen molar-refractivity contribution < 1.29 is 32.6 Å². The Morgan fingerprint density at radius 3 is 2.37 bits per heavy atom. The Morgan fingerprint density at radius 1 is 1.11 bits per heavy atom. The Morgan fingerprint density at radius 2 is 1.78 bits per heavy atom. The van der Waals surface area contributed by atoms with E-state index in [9.17, 15) is 22.8 Å². The lowest BCUT2D eigenvalue weighted by Gasteiger charge is -2.09. The third-order valence-electron chi connectivity index (χ3n) is 3.77. The standard InChI is InChI=1S/C18H11ClF3NO4/c19-10-3-6-12-13(8-15(24)25)16(23-14(12)7-10)17(26)9-1-4-11(5-2-9)27-18(20,21)22/h1-7,23H,8H2,(H,24,25). The summed E-state index contributed by atoms with van der Waals surface area (Å²) in [4.78, 5) is 26.8. The molecule has 0 spiro atoms. The number of carbonyl (C=O) groups is 2. The highest BCUT2D eigenvalue weighted by Gasteiger charge is 2.31. The smallest absolute Gasteiger partial charge is 0.481 e. The fraction of sp³-hybridized carbons (Fsp3) is 0.111. The maximum atomic E-state index is 12.8. The van der Waals surface area contributed by atoms with Crippen LogP contribution in [0.4, 0.5) is 13.2 Å². The average Bonchev–Trinajstić information content (AvgIpc) is 2.90. The fourth-order valence-corrected chi connectivity index (χ4v) is 2.88. The first-order valence-electron chi connectivity index (χ1n) is 7.56. The van der Waals surface area contributed by atoms with Crippen molar-refractivity contribution >= 4 is 34.3 Å². The Labute approximate surface area is 155 Å². The molecule has 0 aliphatic heterocycles. The molecule has 3 aromatic rings. The number of carbonyl (C=O) groups excluding carboxylic acids is 1. The number of aromatic amines is 1. The number of nitrogens with one attached hydrogen (secondary N) is 1. The molecule has 3 rings (SSSR count). The van der Waals surface area contributed by atoms with Crippen molar-refractivity contribution in [2.75, 3.05) is 0 Å². The van der Waals surface area contributed by atoms with E-state index in [0.29, 0.717) is 15.9 Å². The van der Waals surface area contributed by atoms with E-state index in [4.69, 9.17) is 16.7 Å². The summed E-state index contributed by atoms with van der Waals surface area (Å²) in [7, 11) is 0. The predicted octanol–water partition coefficient (Wildman–Crippen LogP) is 4.58. The van der Waals surface area contributed by atoms with E-state index < -0.39 is 30.3 Å². The summed E-state index contributed by atoms with van der Waals surface area (Å²) in [5.74, 6) is -2.15. The summed E-state index contributed by atoms with van der Waals surface area (Å²) in [6, 6.07) is 9.09. The van der Waals surface area contributed by atoms with Crippen molar-refractivity contribution in [1.82, 2.24) is 4.98 Å². The van der Waals surface area contributed by atoms with Crippen LogP contribution in [0, 0.1) is 0 Å². The molecule has 0 fully saturated rings. The average molecular weight is 398 g/mol. The number of ketones is 1. The molecule has 0 radical (unpaired) electrons. The van der Waals surface area contributed by atoms with Crippen LogP contribution in [0.3, 0.4) is 0 Å². The number of H-pyrrole nitrogens is 1. The van der Waals surface area contributed by atoms with Crippen LogP contribution in [0.15, 0.2) is 42.5 Å². The van der Waals surface area contributed by atoms with Crippen LogP contribution in [0.1, 0.15) is 21.6 Å². The first-order valence-corrected chi connectivity index (χ1v) is 7.94. The maximum absolute atomic E-state index is 12.8. The van der Waals surface area contributed by atoms with Gasteiger partial charge < -0.3 is 14.8 Å². The second-order valence-electron chi connectivity index (χ2n) is 5.64. The summed E-state index contributed by atoms with van der Waals surface area (Å²) >= 11 is 5.93. The molecular formula is C18H11ClF3NO4. The molecule has 2 aromatic carbocycles. The largest absolute Gasteiger partial charge is 0.573 e. The number of carboxylic acid groups (broad SMARTS) is 1. The molecule has 0 saturated carbocycles. The Bertz CT molecular complexity index is 1030. The molecule has 0 unspecified atom stereocenters. The van der Waals surface area contributed by atoms with E-state index in [0.717, 1.165) is 12.1 Å². The van der Waals surface area contributed by atoms with E-state index in [1.165, 1.54) is 12.1 Å². The molecule has 0 saturated heterocycles. The minimum Gasteiger partial charge on any atom is -0.481 e. The van der Waals surface area contributed by atoms with E-state index >= 15 is 0 Å². The molecule has 0 aliphatic rings. The van der Waals surface area contributed by atoms with Gasteiger partial charge in [-0.3, -0.25) is 9.59 Å². The third kappa shape index (κ3) is 4.22. The summed E-state index contributed by atoms with van der Waals surface area (Å²) < 4.78 is 40.5. The molecule has 1 heterocycles. The van der Waals surface area contributed by atoms with Gasteiger partial charge >= 0.3 is 12.3 Å². The predicted molar refractivity (Wildman–Crippen MR) is 91.2 cm³/mol. The number of hydrogen-bond acceptors (Lipinski definition) is 3. The van der Waals surface area contributed by atoms with Crippen LogP contribution >= 0.6 is 11.6 Å². The maximum Gasteiger partial charge on any atom is 0.573 e. The van der Waals surface area contributed by atoms with Crippen molar-refractivity contribution in [2.45, 2.75) is 12.8 Å². The molecule has 9 heteroatoms. The van der Waals surface area contributed by atoms with Crippen molar-refractivity contribution in [3.63, 3.8) is 0 Å². The molecule has 0 atom stereocenters. The lowest BCUT2D eigenvalue weighted by atomic mass is 10.0. The van der Waals surface area contributed by atoms with Gasteiger partial charge in [0.25, 0.3) is 0 Å². The number of halogens is 4. The van der Waals surface area contributed by atoms with Gasteiger partial charge in [0.15, 0.2) is 0 Å². The summed E-state index contributed by atoms with van der Waals surface area (Å²) in [5, 5.41) is 10.1. The van der Waals surface area contributed by atoms with E-state index in [1.54, 1.807) is 18.2 Å². The third-order valence-corrected chi connectivity index (χ3v) is 4.01. The van der Waals surface area contributed by atoms with Gasteiger partial charge in [-0.05, 0) is 36.4 Å². The van der Waals surface area contributed by atoms with Gasteiger partial charge in [-0.1, -0.05) is 17.7 Å². The number of alkyl halides is 3. The lowest BCUT2D eigenvalue weighted by Crippen LogP contribution is -2.17. The molecule has 5 nitrogen and oxygen atoms in total. The zero-order chi connectivity index (χ0) is 19.8. The van der Waals surface area contributed by atoms with Gasteiger partial charge in [0, 0.05) is 27.1 Å². The van der Waals surface area contributed by atoms with Crippen molar-refractivity contribution in [2.24, 2.45) is 0 Å². The first-order chi connectivity index (χ1) is 12.6. The second kappa shape index (κ2) is 6.96. The van der Waals surface area contributed by atoms with Crippen molar-refractivity contribution in [3.8, 4) is 5.75 Å². The zero-order valence-electron chi connectivity index (χ0n) is 13.4. The number of rotatable bonds is 5. The number of fused-ring (bicyclic) bond motifs is 1. The van der Waals surface area contributed by atoms with Crippen LogP contribution in [0.25, 0.3) is 10.9 Å². The number of aliphatic carboxylic acids is 1. The minimum absolute atomic E-state index is 0.0409. The lowest BCUT2D eigenvalue weighted by molar-refractivity contribution is -0.274. The van der Waals surface area contributed by atoms with E-state index in [1.807, 2.05) is 0 Å². The quantitative estimate of drug-likeness (QED) is 0.618. The van der Waals surface area contributed by atoms with Gasteiger partial charge in [0.1, 0.15) is 5.75 Å². The topological polar surface area (TPSA) is 79.4 Å². The molecule has 0 aliphatic carbocycles. The number of carboxylic acids is 1. The van der Waals surface area contributed by atoms with E-state index in [2.05, 4.69) is 9.72 Å². The molecule has 2 N–H and O–H groups in total. The highest BCUT2D eigenvalue weighted by molar-refractivity contribution is 6.31. The normalized spacial score (nSPS) is 11.6. The van der Waals surface area contributed by atoms with Crippen molar-refractivity contribution in [1.29, 1.82) is 0 Å². The van der Waals surface area contributed by atoms with Crippen LogP contribution in [-0.2, 0) is 11.2 Å². The van der Waals surface area contributed by atoms with E-state index in [-0.39, 0.29) is 16.8 Å². The Hall–Kier alpha value is -3.00. The summed E-state index contributed by atoms with van der Waals surface area (Å²) in [6.45, 7) is 0. The number of aromatic nitrogens is 1. The minimum atomic E-state index is -4.84. The molecular weight excluding hydrogens is 387 g/mol. The van der Waals surface area contributed by atoms with Gasteiger partial charge in [-0.25, -0.2) is 0 Å². The molecule has 0 bridgehead atoms. The highest BCUT2D eigenvalue weighted by atomic mass is 35.5. The number of benzene rings is 2. The molecule has 27 heavy (non-hydrogen) atoms. The first kappa shape index (κ1) is 18.8. The van der Waals surface area contributed by atoms with Crippen LogP contribution in [0.5, 0.6) is 5.75 Å².